The van der Waals surface area contributed by atoms with Crippen molar-refractivity contribution in [3.8, 4) is 0 Å². The maximum absolute atomic E-state index is 12.3. The van der Waals surface area contributed by atoms with Crippen molar-refractivity contribution in [1.29, 1.82) is 0 Å². The summed E-state index contributed by atoms with van der Waals surface area (Å²) >= 11 is 1.64. The summed E-state index contributed by atoms with van der Waals surface area (Å²) in [6.07, 6.45) is 2.23. The Bertz CT molecular complexity index is 442. The molecular weight excluding hydrogens is 274 g/mol. The van der Waals surface area contributed by atoms with E-state index < -0.39 is 0 Å². The molecule has 1 saturated heterocycles. The van der Waals surface area contributed by atoms with E-state index in [2.05, 4.69) is 10.5 Å². The minimum absolute atomic E-state index is 0.250. The average molecular weight is 297 g/mol. The van der Waals surface area contributed by atoms with Crippen LogP contribution in [0.5, 0.6) is 0 Å². The Hall–Kier alpha value is -1.01. The van der Waals surface area contributed by atoms with Gasteiger partial charge in [0, 0.05) is 30.4 Å². The van der Waals surface area contributed by atoms with Crippen LogP contribution in [0.15, 0.2) is 4.52 Å². The standard InChI is InChI=1S/C14H23N3O2S/c1-10-13(11(2)19-16-10)8-20-9-14(18)17-6-4-5-12(17)7-15-3/h12,15H,4-9H2,1-3H3. The van der Waals surface area contributed by atoms with Crippen LogP contribution in [0.3, 0.4) is 0 Å². The minimum atomic E-state index is 0.250. The molecule has 1 fully saturated rings. The van der Waals surface area contributed by atoms with Crippen LogP contribution in [0.2, 0.25) is 0 Å². The molecule has 2 heterocycles. The molecule has 1 aromatic heterocycles. The van der Waals surface area contributed by atoms with Crippen molar-refractivity contribution in [2.45, 2.75) is 38.5 Å². The van der Waals surface area contributed by atoms with E-state index in [-0.39, 0.29) is 5.91 Å². The van der Waals surface area contributed by atoms with Gasteiger partial charge < -0.3 is 14.7 Å². The van der Waals surface area contributed by atoms with E-state index in [0.29, 0.717) is 11.8 Å². The molecular formula is C14H23N3O2S. The number of likely N-dealkylation sites (N-methyl/N-ethyl adjacent to an activating group) is 1. The van der Waals surface area contributed by atoms with Crippen molar-refractivity contribution < 1.29 is 9.32 Å². The van der Waals surface area contributed by atoms with Gasteiger partial charge in [-0.3, -0.25) is 4.79 Å². The molecule has 112 valence electrons. The first-order chi connectivity index (χ1) is 9.63. The fraction of sp³-hybridized carbons (Fsp3) is 0.714. The number of amides is 1. The van der Waals surface area contributed by atoms with Gasteiger partial charge in [-0.25, -0.2) is 0 Å². The number of rotatable bonds is 6. The lowest BCUT2D eigenvalue weighted by molar-refractivity contribution is -0.129. The van der Waals surface area contributed by atoms with Crippen molar-refractivity contribution >= 4 is 17.7 Å². The van der Waals surface area contributed by atoms with E-state index in [4.69, 9.17) is 4.52 Å². The predicted molar refractivity (Wildman–Crippen MR) is 80.8 cm³/mol. The number of nitrogens with zero attached hydrogens (tertiary/aromatic N) is 2. The zero-order valence-corrected chi connectivity index (χ0v) is 13.3. The molecule has 0 aliphatic carbocycles. The van der Waals surface area contributed by atoms with E-state index in [1.54, 1.807) is 11.8 Å². The lowest BCUT2D eigenvalue weighted by atomic mass is 10.2. The number of aryl methyl sites for hydroxylation is 2. The van der Waals surface area contributed by atoms with Crippen LogP contribution in [0, 0.1) is 13.8 Å². The average Bonchev–Trinajstić information content (AvgIpc) is 3.00. The molecule has 1 aliphatic rings. The van der Waals surface area contributed by atoms with Gasteiger partial charge in [-0.1, -0.05) is 5.16 Å². The largest absolute Gasteiger partial charge is 0.361 e. The van der Waals surface area contributed by atoms with E-state index in [1.165, 1.54) is 0 Å². The Kier molecular flexibility index (Phi) is 5.48. The summed E-state index contributed by atoms with van der Waals surface area (Å²) in [5, 5.41) is 7.10. The second-order valence-corrected chi connectivity index (χ2v) is 6.22. The molecule has 5 nitrogen and oxygen atoms in total. The third-order valence-corrected chi connectivity index (χ3v) is 4.73. The molecule has 0 spiro atoms. The second kappa shape index (κ2) is 7.13. The van der Waals surface area contributed by atoms with Gasteiger partial charge in [0.2, 0.25) is 5.91 Å². The van der Waals surface area contributed by atoms with Crippen molar-refractivity contribution in [2.24, 2.45) is 0 Å². The van der Waals surface area contributed by atoms with Gasteiger partial charge in [0.1, 0.15) is 5.76 Å². The first-order valence-electron chi connectivity index (χ1n) is 7.07. The van der Waals surface area contributed by atoms with Crippen LogP contribution in [-0.2, 0) is 10.5 Å². The number of hydrogen-bond donors (Lipinski definition) is 1. The molecule has 0 bridgehead atoms. The maximum atomic E-state index is 12.3. The molecule has 0 radical (unpaired) electrons. The SMILES string of the molecule is CNCC1CCCN1C(=O)CSCc1c(C)noc1C. The number of carbonyl (C=O) groups is 1. The van der Waals surface area contributed by atoms with Gasteiger partial charge in [-0.2, -0.15) is 0 Å². The van der Waals surface area contributed by atoms with Crippen LogP contribution < -0.4 is 5.32 Å². The quantitative estimate of drug-likeness (QED) is 0.866. The molecule has 1 amide bonds. The molecule has 0 saturated carbocycles. The summed E-state index contributed by atoms with van der Waals surface area (Å²) in [6, 6.07) is 0.368. The smallest absolute Gasteiger partial charge is 0.232 e. The van der Waals surface area contributed by atoms with Gasteiger partial charge in [0.15, 0.2) is 0 Å². The second-order valence-electron chi connectivity index (χ2n) is 5.24. The van der Waals surface area contributed by atoms with Crippen molar-refractivity contribution in [2.75, 3.05) is 25.9 Å². The van der Waals surface area contributed by atoms with E-state index in [0.717, 1.165) is 48.7 Å². The van der Waals surface area contributed by atoms with Crippen molar-refractivity contribution in [1.82, 2.24) is 15.4 Å². The number of hydrogen-bond acceptors (Lipinski definition) is 5. The maximum Gasteiger partial charge on any atom is 0.232 e. The molecule has 1 N–H and O–H groups in total. The summed E-state index contributed by atoms with van der Waals surface area (Å²) in [4.78, 5) is 14.3. The number of carbonyl (C=O) groups excluding carboxylic acids is 1. The number of thioether (sulfide) groups is 1. The number of likely N-dealkylation sites (tertiary alicyclic amines) is 1. The van der Waals surface area contributed by atoms with Crippen LogP contribution >= 0.6 is 11.8 Å². The Balaban J connectivity index is 1.80. The number of aromatic nitrogens is 1. The van der Waals surface area contributed by atoms with E-state index in [9.17, 15) is 4.79 Å². The van der Waals surface area contributed by atoms with Crippen LogP contribution in [0.4, 0.5) is 0 Å². The summed E-state index contributed by atoms with van der Waals surface area (Å²) in [5.74, 6) is 2.43. The van der Waals surface area contributed by atoms with Crippen LogP contribution in [-0.4, -0.2) is 47.9 Å². The minimum Gasteiger partial charge on any atom is -0.361 e. The molecule has 0 aromatic carbocycles. The van der Waals surface area contributed by atoms with Crippen molar-refractivity contribution in [3.05, 3.63) is 17.0 Å². The first kappa shape index (κ1) is 15.4. The molecule has 6 heteroatoms. The Morgan fingerprint density at radius 3 is 3.00 bits per heavy atom. The summed E-state index contributed by atoms with van der Waals surface area (Å²) in [6.45, 7) is 5.65. The highest BCUT2D eigenvalue weighted by molar-refractivity contribution is 7.99. The summed E-state index contributed by atoms with van der Waals surface area (Å²) in [7, 11) is 1.94. The zero-order chi connectivity index (χ0) is 14.5. The Morgan fingerprint density at radius 1 is 1.55 bits per heavy atom. The highest BCUT2D eigenvalue weighted by atomic mass is 32.2. The topological polar surface area (TPSA) is 58.4 Å². The predicted octanol–water partition coefficient (Wildman–Crippen LogP) is 1.74. The third-order valence-electron chi connectivity index (χ3n) is 3.79. The summed E-state index contributed by atoms with van der Waals surface area (Å²) < 4.78 is 5.13. The lowest BCUT2D eigenvalue weighted by Crippen LogP contribution is -2.41. The first-order valence-corrected chi connectivity index (χ1v) is 8.22. The highest BCUT2D eigenvalue weighted by Gasteiger charge is 2.27. The third kappa shape index (κ3) is 3.55. The monoisotopic (exact) mass is 297 g/mol. The number of nitrogens with one attached hydrogen (secondary N) is 1. The normalized spacial score (nSPS) is 18.8. The van der Waals surface area contributed by atoms with E-state index in [1.807, 2.05) is 25.8 Å². The van der Waals surface area contributed by atoms with Gasteiger partial charge in [0.25, 0.3) is 0 Å². The Morgan fingerprint density at radius 2 is 2.35 bits per heavy atom. The van der Waals surface area contributed by atoms with Gasteiger partial charge in [0.05, 0.1) is 11.4 Å². The molecule has 1 atom stereocenters. The van der Waals surface area contributed by atoms with Gasteiger partial charge in [-0.05, 0) is 33.7 Å². The molecule has 1 aliphatic heterocycles. The van der Waals surface area contributed by atoms with Crippen molar-refractivity contribution in [3.63, 3.8) is 0 Å². The van der Waals surface area contributed by atoms with Crippen LogP contribution in [0.1, 0.15) is 29.9 Å². The van der Waals surface area contributed by atoms with Gasteiger partial charge >= 0.3 is 0 Å². The Labute approximate surface area is 124 Å². The van der Waals surface area contributed by atoms with E-state index >= 15 is 0 Å². The highest BCUT2D eigenvalue weighted by Crippen LogP contribution is 2.22. The molecule has 2 rings (SSSR count). The molecule has 20 heavy (non-hydrogen) atoms. The van der Waals surface area contributed by atoms with Gasteiger partial charge in [-0.15, -0.1) is 11.8 Å². The zero-order valence-electron chi connectivity index (χ0n) is 12.4. The molecule has 1 unspecified atom stereocenters. The molecule has 1 aromatic rings. The fourth-order valence-corrected chi connectivity index (χ4v) is 3.70. The fourth-order valence-electron chi connectivity index (χ4n) is 2.64. The summed E-state index contributed by atoms with van der Waals surface area (Å²) in [5.41, 5.74) is 2.05. The lowest BCUT2D eigenvalue weighted by Gasteiger charge is -2.24. The van der Waals surface area contributed by atoms with Crippen LogP contribution in [0.25, 0.3) is 0 Å².